The maximum absolute atomic E-state index is 15.7. The summed E-state index contributed by atoms with van der Waals surface area (Å²) in [5, 5.41) is 10.5. The van der Waals surface area contributed by atoms with Crippen molar-refractivity contribution in [3.63, 3.8) is 0 Å². The summed E-state index contributed by atoms with van der Waals surface area (Å²) in [7, 11) is 1.56. The van der Waals surface area contributed by atoms with Crippen molar-refractivity contribution < 1.29 is 19.0 Å². The van der Waals surface area contributed by atoms with Gasteiger partial charge in [-0.3, -0.25) is 14.8 Å². The lowest BCUT2D eigenvalue weighted by molar-refractivity contribution is -0.141. The fraction of sp³-hybridized carbons (Fsp3) is 0.464. The Bertz CT molecular complexity index is 1170. The fourth-order valence-corrected chi connectivity index (χ4v) is 5.60. The van der Waals surface area contributed by atoms with Gasteiger partial charge in [-0.15, -0.1) is 0 Å². The molecule has 3 aromatic rings. The van der Waals surface area contributed by atoms with Crippen LogP contribution in [0.25, 0.3) is 10.9 Å². The Morgan fingerprint density at radius 3 is 2.78 bits per heavy atom. The number of aliphatic carboxylic acids is 1. The summed E-state index contributed by atoms with van der Waals surface area (Å²) in [5.74, 6) is -0.217. The third-order valence-corrected chi connectivity index (χ3v) is 7.72. The molecule has 0 unspecified atom stereocenters. The SMILES string of the molecule is COc1ccc2ncc(Cl)c([C@H](F)CCC3(CC(=O)O)CCN(CCCc4cccnc4)CC3)c2c1. The Hall–Kier alpha value is -2.77. The number of pyridine rings is 2. The number of aromatic nitrogens is 2. The molecule has 0 spiro atoms. The van der Waals surface area contributed by atoms with Crippen LogP contribution in [0.15, 0.2) is 48.9 Å². The molecule has 1 fully saturated rings. The molecule has 0 bridgehead atoms. The highest BCUT2D eigenvalue weighted by atomic mass is 35.5. The summed E-state index contributed by atoms with van der Waals surface area (Å²) in [6.07, 6.45) is 8.10. The average Bonchev–Trinajstić information content (AvgIpc) is 2.88. The number of carboxylic acids is 1. The number of carbonyl (C=O) groups is 1. The van der Waals surface area contributed by atoms with E-state index in [9.17, 15) is 9.90 Å². The first-order valence-electron chi connectivity index (χ1n) is 12.5. The molecule has 1 atom stereocenters. The van der Waals surface area contributed by atoms with Crippen molar-refractivity contribution in [1.82, 2.24) is 14.9 Å². The number of rotatable bonds is 11. The molecule has 3 heterocycles. The molecule has 4 rings (SSSR count). The summed E-state index contributed by atoms with van der Waals surface area (Å²) in [4.78, 5) is 22.6. The first kappa shape index (κ1) is 26.3. The van der Waals surface area contributed by atoms with Gasteiger partial charge in [0.25, 0.3) is 0 Å². The van der Waals surface area contributed by atoms with E-state index in [-0.39, 0.29) is 17.9 Å². The Balaban J connectivity index is 1.39. The van der Waals surface area contributed by atoms with Gasteiger partial charge >= 0.3 is 5.97 Å². The van der Waals surface area contributed by atoms with Crippen molar-refractivity contribution in [2.24, 2.45) is 5.41 Å². The van der Waals surface area contributed by atoms with Gasteiger partial charge in [0.05, 0.1) is 24.1 Å². The standard InChI is InChI=1S/C28H33ClFN3O3/c1-36-21-6-7-25-22(16-21)27(23(29)19-32-25)24(30)8-9-28(17-26(34)35)10-14-33(15-11-28)13-3-5-20-4-2-12-31-18-20/h2,4,6-7,12,16,18-19,24H,3,5,8-11,13-15,17H2,1H3,(H,34,35)/t24-/m1/s1. The number of nitrogens with zero attached hydrogens (tertiary/aromatic N) is 3. The van der Waals surface area contributed by atoms with Crippen LogP contribution in [0.2, 0.25) is 5.02 Å². The first-order chi connectivity index (χ1) is 17.4. The quantitative estimate of drug-likeness (QED) is 0.325. The summed E-state index contributed by atoms with van der Waals surface area (Å²) in [5.41, 5.74) is 1.86. The monoisotopic (exact) mass is 513 g/mol. The number of alkyl halides is 1. The molecular formula is C28H33ClFN3O3. The van der Waals surface area contributed by atoms with E-state index >= 15 is 4.39 Å². The van der Waals surface area contributed by atoms with Crippen LogP contribution in [0.1, 0.15) is 55.8 Å². The molecule has 1 aromatic carbocycles. The minimum Gasteiger partial charge on any atom is -0.497 e. The molecule has 0 amide bonds. The predicted octanol–water partition coefficient (Wildman–Crippen LogP) is 6.27. The number of benzene rings is 1. The van der Waals surface area contributed by atoms with E-state index < -0.39 is 17.6 Å². The maximum atomic E-state index is 15.7. The van der Waals surface area contributed by atoms with Crippen LogP contribution in [-0.2, 0) is 11.2 Å². The van der Waals surface area contributed by atoms with E-state index in [1.807, 2.05) is 12.3 Å². The maximum Gasteiger partial charge on any atom is 0.303 e. The Morgan fingerprint density at radius 2 is 2.08 bits per heavy atom. The Labute approximate surface area is 216 Å². The molecular weight excluding hydrogens is 481 g/mol. The van der Waals surface area contributed by atoms with Gasteiger partial charge in [0, 0.05) is 29.5 Å². The van der Waals surface area contributed by atoms with E-state index in [4.69, 9.17) is 16.3 Å². The molecule has 1 aliphatic rings. The second-order valence-corrected chi connectivity index (χ2v) is 10.2. The van der Waals surface area contributed by atoms with E-state index in [1.165, 1.54) is 11.8 Å². The average molecular weight is 514 g/mol. The number of methoxy groups -OCH3 is 1. The molecule has 1 N–H and O–H groups in total. The van der Waals surface area contributed by atoms with Gasteiger partial charge in [0.2, 0.25) is 0 Å². The first-order valence-corrected chi connectivity index (χ1v) is 12.9. The zero-order valence-corrected chi connectivity index (χ0v) is 21.4. The van der Waals surface area contributed by atoms with Gasteiger partial charge in [0.15, 0.2) is 0 Å². The van der Waals surface area contributed by atoms with E-state index in [0.29, 0.717) is 28.6 Å². The zero-order valence-electron chi connectivity index (χ0n) is 20.6. The topological polar surface area (TPSA) is 75.6 Å². The van der Waals surface area contributed by atoms with Gasteiger partial charge in [-0.2, -0.15) is 0 Å². The number of aryl methyl sites for hydroxylation is 1. The summed E-state index contributed by atoms with van der Waals surface area (Å²) in [6, 6.07) is 9.37. The number of likely N-dealkylation sites (tertiary alicyclic amines) is 1. The second-order valence-electron chi connectivity index (χ2n) is 9.79. The normalized spacial score (nSPS) is 16.6. The lowest BCUT2D eigenvalue weighted by Crippen LogP contribution is -2.41. The van der Waals surface area contributed by atoms with Crippen molar-refractivity contribution in [3.8, 4) is 5.75 Å². The molecule has 0 radical (unpaired) electrons. The highest BCUT2D eigenvalue weighted by molar-refractivity contribution is 6.32. The molecule has 0 aliphatic carbocycles. The van der Waals surface area contributed by atoms with Gasteiger partial charge in [-0.25, -0.2) is 4.39 Å². The number of ether oxygens (including phenoxy) is 1. The van der Waals surface area contributed by atoms with Crippen LogP contribution in [0.5, 0.6) is 5.75 Å². The minimum atomic E-state index is -1.32. The molecule has 0 saturated carbocycles. The van der Waals surface area contributed by atoms with Crippen LogP contribution in [0.3, 0.4) is 0 Å². The highest BCUT2D eigenvalue weighted by Crippen LogP contribution is 2.44. The van der Waals surface area contributed by atoms with Crippen LogP contribution in [-0.4, -0.2) is 52.7 Å². The van der Waals surface area contributed by atoms with Gasteiger partial charge in [-0.1, -0.05) is 17.7 Å². The molecule has 36 heavy (non-hydrogen) atoms. The summed E-state index contributed by atoms with van der Waals surface area (Å²) < 4.78 is 21.0. The molecule has 8 heteroatoms. The molecule has 6 nitrogen and oxygen atoms in total. The number of carboxylic acid groups (broad SMARTS) is 1. The lowest BCUT2D eigenvalue weighted by Gasteiger charge is -2.41. The van der Waals surface area contributed by atoms with Crippen molar-refractivity contribution in [3.05, 3.63) is 65.1 Å². The predicted molar refractivity (Wildman–Crippen MR) is 139 cm³/mol. The Kier molecular flexibility index (Phi) is 8.75. The number of hydrogen-bond donors (Lipinski definition) is 1. The van der Waals surface area contributed by atoms with Crippen LogP contribution in [0.4, 0.5) is 4.39 Å². The molecule has 1 saturated heterocycles. The zero-order chi connectivity index (χ0) is 25.5. The van der Waals surface area contributed by atoms with Gasteiger partial charge < -0.3 is 14.7 Å². The number of hydrogen-bond acceptors (Lipinski definition) is 5. The molecule has 1 aliphatic heterocycles. The largest absolute Gasteiger partial charge is 0.497 e. The Morgan fingerprint density at radius 1 is 1.28 bits per heavy atom. The molecule has 192 valence electrons. The van der Waals surface area contributed by atoms with Crippen molar-refractivity contribution >= 4 is 28.5 Å². The number of halogens is 2. The summed E-state index contributed by atoms with van der Waals surface area (Å²) in [6.45, 7) is 2.62. The van der Waals surface area contributed by atoms with Crippen LogP contribution >= 0.6 is 11.6 Å². The summed E-state index contributed by atoms with van der Waals surface area (Å²) >= 11 is 6.40. The molecule has 2 aromatic heterocycles. The van der Waals surface area contributed by atoms with Crippen LogP contribution in [0, 0.1) is 5.41 Å². The van der Waals surface area contributed by atoms with Crippen molar-refractivity contribution in [1.29, 1.82) is 0 Å². The van der Waals surface area contributed by atoms with E-state index in [2.05, 4.69) is 20.9 Å². The van der Waals surface area contributed by atoms with E-state index in [0.717, 1.165) is 45.3 Å². The third kappa shape index (κ3) is 6.51. The lowest BCUT2D eigenvalue weighted by atomic mass is 9.71. The van der Waals surface area contributed by atoms with Gasteiger partial charge in [0.1, 0.15) is 11.9 Å². The second kappa shape index (κ2) is 12.0. The van der Waals surface area contributed by atoms with E-state index in [1.54, 1.807) is 31.5 Å². The minimum absolute atomic E-state index is 0.0574. The van der Waals surface area contributed by atoms with Crippen LogP contribution < -0.4 is 4.74 Å². The number of piperidine rings is 1. The number of fused-ring (bicyclic) bond motifs is 1. The highest BCUT2D eigenvalue weighted by Gasteiger charge is 2.37. The smallest absolute Gasteiger partial charge is 0.303 e. The van der Waals surface area contributed by atoms with Crippen molar-refractivity contribution in [2.45, 2.75) is 51.1 Å². The third-order valence-electron chi connectivity index (χ3n) is 7.42. The van der Waals surface area contributed by atoms with Crippen molar-refractivity contribution in [2.75, 3.05) is 26.7 Å². The van der Waals surface area contributed by atoms with Gasteiger partial charge in [-0.05, 0) is 93.4 Å². The fourth-order valence-electron chi connectivity index (χ4n) is 5.33.